The van der Waals surface area contributed by atoms with E-state index in [1.54, 1.807) is 0 Å². The molecular formula is C25H34ClN5O2. The standard InChI is InChI=1S/C25H34ClN5O2/c26-20-4-2-19(3-5-20)14-22-18-33-24(16-29-11-8-23(32)15-29)17-31(22)21-6-12-30(13-7-21)25-27-9-1-10-28-25/h1-5,9-10,21-24,32H,6-8,11-18H2/t22-,23+,24-/m0/s1. The van der Waals surface area contributed by atoms with Gasteiger partial charge in [0.2, 0.25) is 5.95 Å². The number of β-amino-alcohol motifs (C(OH)–C–C–N with tert-alkyl or cyclic N) is 1. The van der Waals surface area contributed by atoms with Crippen LogP contribution in [0.2, 0.25) is 5.02 Å². The first-order chi connectivity index (χ1) is 16.1. The second-order valence-corrected chi connectivity index (χ2v) is 10.0. The Labute approximate surface area is 201 Å². The van der Waals surface area contributed by atoms with Gasteiger partial charge < -0.3 is 14.7 Å². The van der Waals surface area contributed by atoms with Gasteiger partial charge in [0, 0.05) is 68.8 Å². The van der Waals surface area contributed by atoms with Gasteiger partial charge in [0.1, 0.15) is 0 Å². The summed E-state index contributed by atoms with van der Waals surface area (Å²) in [7, 11) is 0. The average Bonchev–Trinajstić information content (AvgIpc) is 3.26. The summed E-state index contributed by atoms with van der Waals surface area (Å²) >= 11 is 6.11. The molecule has 33 heavy (non-hydrogen) atoms. The van der Waals surface area contributed by atoms with Gasteiger partial charge in [-0.15, -0.1) is 0 Å². The van der Waals surface area contributed by atoms with Crippen molar-refractivity contribution in [2.24, 2.45) is 0 Å². The lowest BCUT2D eigenvalue weighted by atomic mass is 9.96. The van der Waals surface area contributed by atoms with Gasteiger partial charge in [0.15, 0.2) is 0 Å². The zero-order valence-corrected chi connectivity index (χ0v) is 19.9. The van der Waals surface area contributed by atoms with Gasteiger partial charge in [-0.1, -0.05) is 23.7 Å². The summed E-state index contributed by atoms with van der Waals surface area (Å²) in [5.41, 5.74) is 1.30. The second kappa shape index (κ2) is 10.7. The summed E-state index contributed by atoms with van der Waals surface area (Å²) in [6, 6.07) is 11.0. The molecule has 3 aliphatic heterocycles. The minimum absolute atomic E-state index is 0.187. The molecule has 5 rings (SSSR count). The number of morpholine rings is 1. The SMILES string of the molecule is O[C@@H]1CCN(C[C@H]2CN(C3CCN(c4ncccn4)CC3)[C@@H](Cc3ccc(Cl)cc3)CO2)C1. The fourth-order valence-corrected chi connectivity index (χ4v) is 5.65. The molecule has 0 aliphatic carbocycles. The molecule has 2 aromatic rings. The third kappa shape index (κ3) is 5.84. The lowest BCUT2D eigenvalue weighted by Crippen LogP contribution is -2.58. The van der Waals surface area contributed by atoms with Crippen LogP contribution in [0.4, 0.5) is 5.95 Å². The maximum absolute atomic E-state index is 9.91. The number of rotatable bonds is 6. The van der Waals surface area contributed by atoms with E-state index in [-0.39, 0.29) is 12.2 Å². The molecule has 3 saturated heterocycles. The largest absolute Gasteiger partial charge is 0.392 e. The van der Waals surface area contributed by atoms with Crippen LogP contribution in [-0.2, 0) is 11.2 Å². The van der Waals surface area contributed by atoms with Crippen molar-refractivity contribution in [2.75, 3.05) is 50.8 Å². The van der Waals surface area contributed by atoms with E-state index in [0.717, 1.165) is 82.5 Å². The highest BCUT2D eigenvalue weighted by atomic mass is 35.5. The number of hydrogen-bond acceptors (Lipinski definition) is 7. The molecule has 1 N–H and O–H groups in total. The van der Waals surface area contributed by atoms with Crippen LogP contribution >= 0.6 is 11.6 Å². The monoisotopic (exact) mass is 471 g/mol. The van der Waals surface area contributed by atoms with E-state index >= 15 is 0 Å². The van der Waals surface area contributed by atoms with Crippen LogP contribution < -0.4 is 4.90 Å². The highest BCUT2D eigenvalue weighted by molar-refractivity contribution is 6.30. The fraction of sp³-hybridized carbons (Fsp3) is 0.600. The van der Waals surface area contributed by atoms with Crippen LogP contribution in [0.3, 0.4) is 0 Å². The predicted molar refractivity (Wildman–Crippen MR) is 130 cm³/mol. The number of hydrogen-bond donors (Lipinski definition) is 1. The van der Waals surface area contributed by atoms with Crippen molar-refractivity contribution in [3.63, 3.8) is 0 Å². The van der Waals surface area contributed by atoms with Crippen molar-refractivity contribution in [1.82, 2.24) is 19.8 Å². The molecule has 3 atom stereocenters. The van der Waals surface area contributed by atoms with E-state index in [9.17, 15) is 5.11 Å². The summed E-state index contributed by atoms with van der Waals surface area (Å²) in [5.74, 6) is 0.834. The minimum Gasteiger partial charge on any atom is -0.392 e. The lowest BCUT2D eigenvalue weighted by Gasteiger charge is -2.47. The third-order valence-corrected chi connectivity index (χ3v) is 7.52. The van der Waals surface area contributed by atoms with Crippen molar-refractivity contribution in [3.8, 4) is 0 Å². The van der Waals surface area contributed by atoms with Gasteiger partial charge in [-0.05, 0) is 49.4 Å². The molecule has 1 aromatic heterocycles. The third-order valence-electron chi connectivity index (χ3n) is 7.27. The highest BCUT2D eigenvalue weighted by Crippen LogP contribution is 2.27. The van der Waals surface area contributed by atoms with Gasteiger partial charge in [-0.25, -0.2) is 9.97 Å². The number of anilines is 1. The predicted octanol–water partition coefficient (Wildman–Crippen LogP) is 2.48. The van der Waals surface area contributed by atoms with Crippen LogP contribution in [-0.4, -0.2) is 95.0 Å². The summed E-state index contributed by atoms with van der Waals surface area (Å²) in [4.78, 5) is 16.2. The molecule has 4 heterocycles. The zero-order valence-electron chi connectivity index (χ0n) is 19.1. The number of likely N-dealkylation sites (tertiary alicyclic amines) is 1. The topological polar surface area (TPSA) is 65.0 Å². The Morgan fingerprint density at radius 3 is 2.45 bits per heavy atom. The molecule has 8 heteroatoms. The molecule has 1 aromatic carbocycles. The van der Waals surface area contributed by atoms with Gasteiger partial charge in [-0.3, -0.25) is 9.80 Å². The molecular weight excluding hydrogens is 438 g/mol. The molecule has 0 unspecified atom stereocenters. The van der Waals surface area contributed by atoms with E-state index in [2.05, 4.69) is 36.8 Å². The van der Waals surface area contributed by atoms with Crippen molar-refractivity contribution >= 4 is 17.5 Å². The van der Waals surface area contributed by atoms with Crippen LogP contribution in [0.25, 0.3) is 0 Å². The Hall–Kier alpha value is -1.77. The number of benzene rings is 1. The minimum atomic E-state index is -0.188. The quantitative estimate of drug-likeness (QED) is 0.694. The molecule has 3 fully saturated rings. The van der Waals surface area contributed by atoms with Crippen molar-refractivity contribution < 1.29 is 9.84 Å². The number of piperidine rings is 1. The van der Waals surface area contributed by atoms with E-state index in [1.807, 2.05) is 30.6 Å². The molecule has 178 valence electrons. The van der Waals surface area contributed by atoms with E-state index in [0.29, 0.717) is 12.1 Å². The van der Waals surface area contributed by atoms with Gasteiger partial charge >= 0.3 is 0 Å². The van der Waals surface area contributed by atoms with Crippen molar-refractivity contribution in [1.29, 1.82) is 0 Å². The summed E-state index contributed by atoms with van der Waals surface area (Å²) in [6.45, 7) is 6.26. The van der Waals surface area contributed by atoms with Gasteiger partial charge in [0.25, 0.3) is 0 Å². The van der Waals surface area contributed by atoms with E-state index in [4.69, 9.17) is 16.3 Å². The van der Waals surface area contributed by atoms with E-state index < -0.39 is 0 Å². The molecule has 0 saturated carbocycles. The number of halogens is 1. The Morgan fingerprint density at radius 1 is 1.00 bits per heavy atom. The molecule has 0 radical (unpaired) electrons. The highest BCUT2D eigenvalue weighted by Gasteiger charge is 2.37. The Morgan fingerprint density at radius 2 is 1.76 bits per heavy atom. The van der Waals surface area contributed by atoms with Gasteiger partial charge in [0.05, 0.1) is 18.8 Å². The van der Waals surface area contributed by atoms with Crippen LogP contribution in [0.5, 0.6) is 0 Å². The number of aromatic nitrogens is 2. The van der Waals surface area contributed by atoms with Crippen LogP contribution in [0.1, 0.15) is 24.8 Å². The number of aliphatic hydroxyl groups excluding tert-OH is 1. The molecule has 3 aliphatic rings. The Bertz CT molecular complexity index is 878. The van der Waals surface area contributed by atoms with Crippen LogP contribution in [0, 0.1) is 0 Å². The van der Waals surface area contributed by atoms with Crippen molar-refractivity contribution in [2.45, 2.75) is 50.0 Å². The Kier molecular flexibility index (Phi) is 7.43. The molecule has 0 spiro atoms. The summed E-state index contributed by atoms with van der Waals surface area (Å²) in [6.07, 6.45) is 7.68. The maximum atomic E-state index is 9.91. The Balaban J connectivity index is 1.25. The molecule has 7 nitrogen and oxygen atoms in total. The maximum Gasteiger partial charge on any atom is 0.225 e. The second-order valence-electron chi connectivity index (χ2n) is 9.61. The van der Waals surface area contributed by atoms with Crippen molar-refractivity contribution in [3.05, 3.63) is 53.3 Å². The smallest absolute Gasteiger partial charge is 0.225 e. The normalized spacial score (nSPS) is 27.8. The first-order valence-corrected chi connectivity index (χ1v) is 12.6. The van der Waals surface area contributed by atoms with Crippen LogP contribution in [0.15, 0.2) is 42.7 Å². The summed E-state index contributed by atoms with van der Waals surface area (Å²) in [5, 5.41) is 10.7. The molecule has 0 amide bonds. The molecule has 0 bridgehead atoms. The first-order valence-electron chi connectivity index (χ1n) is 12.2. The average molecular weight is 472 g/mol. The van der Waals surface area contributed by atoms with Gasteiger partial charge in [-0.2, -0.15) is 0 Å². The number of aliphatic hydroxyl groups is 1. The first kappa shape index (κ1) is 23.0. The van der Waals surface area contributed by atoms with E-state index in [1.165, 1.54) is 5.56 Å². The number of ether oxygens (including phenoxy) is 1. The number of nitrogens with zero attached hydrogens (tertiary/aromatic N) is 5. The summed E-state index contributed by atoms with van der Waals surface area (Å²) < 4.78 is 6.37. The fourth-order valence-electron chi connectivity index (χ4n) is 5.52. The zero-order chi connectivity index (χ0) is 22.6. The lowest BCUT2D eigenvalue weighted by molar-refractivity contribution is -0.0901.